The van der Waals surface area contributed by atoms with Crippen molar-refractivity contribution < 1.29 is 5.11 Å². The molecule has 108 valence electrons. The van der Waals surface area contributed by atoms with Crippen molar-refractivity contribution in [1.82, 2.24) is 19.7 Å². The summed E-state index contributed by atoms with van der Waals surface area (Å²) in [6.07, 6.45) is 8.86. The molecule has 1 saturated carbocycles. The lowest BCUT2D eigenvalue weighted by molar-refractivity contribution is -0.0188. The van der Waals surface area contributed by atoms with Crippen LogP contribution in [-0.4, -0.2) is 50.5 Å². The largest absolute Gasteiger partial charge is 0.391 e. The molecule has 5 nitrogen and oxygen atoms in total. The Balaban J connectivity index is 2.16. The van der Waals surface area contributed by atoms with Gasteiger partial charge in [-0.1, -0.05) is 25.7 Å². The minimum Gasteiger partial charge on any atom is -0.391 e. The van der Waals surface area contributed by atoms with Crippen LogP contribution in [0.2, 0.25) is 0 Å². The number of aliphatic hydroxyl groups excluding tert-OH is 1. The average molecular weight is 266 g/mol. The number of aromatic nitrogens is 3. The molecule has 0 amide bonds. The van der Waals surface area contributed by atoms with Crippen LogP contribution in [0.15, 0.2) is 6.33 Å². The monoisotopic (exact) mass is 266 g/mol. The third kappa shape index (κ3) is 2.98. The standard InChI is InChI=1S/C14H26N4O/c1-17(2)14(8-6-4-5-7-9-14)12(19)10-13-15-11-16-18(13)3/h11-12,19H,4-10H2,1-3H3. The molecule has 1 N–H and O–H groups in total. The third-order valence-corrected chi connectivity index (χ3v) is 4.66. The normalized spacial score (nSPS) is 21.3. The number of nitrogens with zero attached hydrogens (tertiary/aromatic N) is 4. The highest BCUT2D eigenvalue weighted by molar-refractivity contribution is 5.00. The molecule has 0 saturated heterocycles. The number of hydrogen-bond acceptors (Lipinski definition) is 4. The Morgan fingerprint density at radius 2 is 1.95 bits per heavy atom. The summed E-state index contributed by atoms with van der Waals surface area (Å²) in [5.74, 6) is 0.859. The zero-order valence-corrected chi connectivity index (χ0v) is 12.3. The van der Waals surface area contributed by atoms with Crippen molar-refractivity contribution in [2.45, 2.75) is 56.6 Å². The first kappa shape index (κ1) is 14.5. The molecule has 1 aromatic heterocycles. The van der Waals surface area contributed by atoms with Crippen LogP contribution < -0.4 is 0 Å². The van der Waals surface area contributed by atoms with Gasteiger partial charge in [-0.2, -0.15) is 5.10 Å². The fraction of sp³-hybridized carbons (Fsp3) is 0.857. The van der Waals surface area contributed by atoms with Crippen LogP contribution in [0.3, 0.4) is 0 Å². The molecule has 0 aromatic carbocycles. The number of rotatable bonds is 4. The van der Waals surface area contributed by atoms with E-state index < -0.39 is 0 Å². The van der Waals surface area contributed by atoms with Gasteiger partial charge in [0, 0.05) is 19.0 Å². The zero-order valence-electron chi connectivity index (χ0n) is 12.3. The minimum absolute atomic E-state index is 0.109. The fourth-order valence-corrected chi connectivity index (χ4v) is 3.29. The maximum Gasteiger partial charge on any atom is 0.138 e. The highest BCUT2D eigenvalue weighted by Crippen LogP contribution is 2.35. The minimum atomic E-state index is -0.386. The van der Waals surface area contributed by atoms with Gasteiger partial charge in [0.1, 0.15) is 12.2 Å². The van der Waals surface area contributed by atoms with Gasteiger partial charge in [0.2, 0.25) is 0 Å². The molecular weight excluding hydrogens is 240 g/mol. The van der Waals surface area contributed by atoms with Crippen LogP contribution in [-0.2, 0) is 13.5 Å². The van der Waals surface area contributed by atoms with Crippen molar-refractivity contribution in [2.24, 2.45) is 7.05 Å². The van der Waals surface area contributed by atoms with Crippen LogP contribution in [0.1, 0.15) is 44.3 Å². The van der Waals surface area contributed by atoms with Crippen molar-refractivity contribution in [1.29, 1.82) is 0 Å². The van der Waals surface area contributed by atoms with Gasteiger partial charge in [-0.05, 0) is 26.9 Å². The van der Waals surface area contributed by atoms with Crippen molar-refractivity contribution in [3.63, 3.8) is 0 Å². The highest BCUT2D eigenvalue weighted by Gasteiger charge is 2.40. The predicted molar refractivity (Wildman–Crippen MR) is 74.8 cm³/mol. The summed E-state index contributed by atoms with van der Waals surface area (Å²) in [5.41, 5.74) is -0.109. The number of aliphatic hydroxyl groups is 1. The summed E-state index contributed by atoms with van der Waals surface area (Å²) in [6.45, 7) is 0. The lowest BCUT2D eigenvalue weighted by Crippen LogP contribution is -2.54. The van der Waals surface area contributed by atoms with Gasteiger partial charge in [0.25, 0.3) is 0 Å². The van der Waals surface area contributed by atoms with E-state index in [1.54, 1.807) is 11.0 Å². The van der Waals surface area contributed by atoms with Gasteiger partial charge < -0.3 is 10.0 Å². The molecule has 5 heteroatoms. The van der Waals surface area contributed by atoms with Crippen molar-refractivity contribution in [3.05, 3.63) is 12.2 Å². The second kappa shape index (κ2) is 6.01. The topological polar surface area (TPSA) is 54.2 Å². The quantitative estimate of drug-likeness (QED) is 0.836. The second-order valence-electron chi connectivity index (χ2n) is 5.93. The van der Waals surface area contributed by atoms with Gasteiger partial charge in [0.05, 0.1) is 6.10 Å². The van der Waals surface area contributed by atoms with Crippen LogP contribution in [0.25, 0.3) is 0 Å². The van der Waals surface area contributed by atoms with E-state index in [1.807, 2.05) is 7.05 Å². The Kier molecular flexibility index (Phi) is 4.58. The molecule has 0 spiro atoms. The Labute approximate surface area is 115 Å². The molecule has 1 atom stereocenters. The van der Waals surface area contributed by atoms with Gasteiger partial charge in [-0.3, -0.25) is 4.68 Å². The van der Waals surface area contributed by atoms with E-state index in [2.05, 4.69) is 29.1 Å². The Morgan fingerprint density at radius 3 is 2.42 bits per heavy atom. The van der Waals surface area contributed by atoms with Gasteiger partial charge in [-0.25, -0.2) is 4.98 Å². The highest BCUT2D eigenvalue weighted by atomic mass is 16.3. The van der Waals surface area contributed by atoms with Crippen molar-refractivity contribution in [3.8, 4) is 0 Å². The third-order valence-electron chi connectivity index (χ3n) is 4.66. The summed E-state index contributed by atoms with van der Waals surface area (Å²) in [4.78, 5) is 6.46. The molecule has 1 aliphatic rings. The Morgan fingerprint density at radius 1 is 1.32 bits per heavy atom. The lowest BCUT2D eigenvalue weighted by Gasteiger charge is -2.43. The average Bonchev–Trinajstić information content (AvgIpc) is 2.66. The molecule has 1 aromatic rings. The van der Waals surface area contributed by atoms with Gasteiger partial charge >= 0.3 is 0 Å². The van der Waals surface area contributed by atoms with E-state index in [0.717, 1.165) is 18.7 Å². The summed E-state index contributed by atoms with van der Waals surface area (Å²) >= 11 is 0. The summed E-state index contributed by atoms with van der Waals surface area (Å²) in [6, 6.07) is 0. The number of hydrogen-bond donors (Lipinski definition) is 1. The molecule has 2 rings (SSSR count). The molecule has 19 heavy (non-hydrogen) atoms. The van der Waals surface area contributed by atoms with Crippen LogP contribution in [0.5, 0.6) is 0 Å². The van der Waals surface area contributed by atoms with E-state index in [1.165, 1.54) is 25.7 Å². The summed E-state index contributed by atoms with van der Waals surface area (Å²) < 4.78 is 1.75. The summed E-state index contributed by atoms with van der Waals surface area (Å²) in [5, 5.41) is 14.9. The summed E-state index contributed by atoms with van der Waals surface area (Å²) in [7, 11) is 6.06. The first-order valence-electron chi connectivity index (χ1n) is 7.24. The van der Waals surface area contributed by atoms with Crippen LogP contribution in [0, 0.1) is 0 Å². The Hall–Kier alpha value is -0.940. The van der Waals surface area contributed by atoms with Crippen LogP contribution in [0.4, 0.5) is 0 Å². The fourth-order valence-electron chi connectivity index (χ4n) is 3.29. The zero-order chi connectivity index (χ0) is 13.9. The maximum absolute atomic E-state index is 10.8. The van der Waals surface area contributed by atoms with E-state index in [-0.39, 0.29) is 11.6 Å². The molecule has 1 fully saturated rings. The van der Waals surface area contributed by atoms with Gasteiger partial charge in [0.15, 0.2) is 0 Å². The molecule has 0 bridgehead atoms. The molecule has 0 radical (unpaired) electrons. The second-order valence-corrected chi connectivity index (χ2v) is 5.93. The number of likely N-dealkylation sites (N-methyl/N-ethyl adjacent to an activating group) is 1. The smallest absolute Gasteiger partial charge is 0.138 e. The van der Waals surface area contributed by atoms with E-state index in [9.17, 15) is 5.11 Å². The first-order valence-corrected chi connectivity index (χ1v) is 7.24. The van der Waals surface area contributed by atoms with E-state index >= 15 is 0 Å². The Bertz CT molecular complexity index is 394. The van der Waals surface area contributed by atoms with Gasteiger partial charge in [-0.15, -0.1) is 0 Å². The van der Waals surface area contributed by atoms with Crippen LogP contribution >= 0.6 is 0 Å². The SMILES string of the molecule is CN(C)C1(C(O)Cc2ncnn2C)CCCCCC1. The van der Waals surface area contributed by atoms with E-state index in [4.69, 9.17) is 0 Å². The lowest BCUT2D eigenvalue weighted by atomic mass is 9.81. The first-order chi connectivity index (χ1) is 9.06. The predicted octanol–water partition coefficient (Wildman–Crippen LogP) is 1.37. The van der Waals surface area contributed by atoms with E-state index in [0.29, 0.717) is 6.42 Å². The maximum atomic E-state index is 10.8. The van der Waals surface area contributed by atoms with Crippen molar-refractivity contribution >= 4 is 0 Å². The molecule has 1 heterocycles. The molecule has 1 aliphatic carbocycles. The van der Waals surface area contributed by atoms with Crippen molar-refractivity contribution in [2.75, 3.05) is 14.1 Å². The molecular formula is C14H26N4O. The molecule has 1 unspecified atom stereocenters. The molecule has 0 aliphatic heterocycles. The number of aryl methyl sites for hydroxylation is 1.